The zero-order chi connectivity index (χ0) is 16.1. The van der Waals surface area contributed by atoms with Crippen molar-refractivity contribution in [1.82, 2.24) is 16.0 Å². The first-order valence-corrected chi connectivity index (χ1v) is 9.54. The molecular formula is C18H32ClN3O2. The van der Waals surface area contributed by atoms with E-state index in [1.807, 2.05) is 0 Å². The molecule has 3 fully saturated rings. The smallest absolute Gasteiger partial charge is 0.223 e. The van der Waals surface area contributed by atoms with Crippen LogP contribution in [-0.2, 0) is 9.59 Å². The van der Waals surface area contributed by atoms with Gasteiger partial charge in [-0.05, 0) is 57.9 Å². The van der Waals surface area contributed by atoms with Crippen LogP contribution in [0.15, 0.2) is 0 Å². The fourth-order valence-corrected chi connectivity index (χ4v) is 4.31. The van der Waals surface area contributed by atoms with E-state index in [-0.39, 0.29) is 42.1 Å². The number of halogens is 1. The molecule has 1 unspecified atom stereocenters. The summed E-state index contributed by atoms with van der Waals surface area (Å²) in [7, 11) is 0. The lowest BCUT2D eigenvalue weighted by molar-refractivity contribution is -0.126. The van der Waals surface area contributed by atoms with Crippen LogP contribution in [0.5, 0.6) is 0 Å². The summed E-state index contributed by atoms with van der Waals surface area (Å²) < 4.78 is 0. The van der Waals surface area contributed by atoms with Gasteiger partial charge in [-0.2, -0.15) is 0 Å². The van der Waals surface area contributed by atoms with E-state index in [1.165, 1.54) is 25.7 Å². The van der Waals surface area contributed by atoms with E-state index in [1.54, 1.807) is 0 Å². The minimum atomic E-state index is 0. The summed E-state index contributed by atoms with van der Waals surface area (Å²) in [5.41, 5.74) is 0. The highest BCUT2D eigenvalue weighted by atomic mass is 35.5. The minimum absolute atomic E-state index is 0. The second-order valence-electron chi connectivity index (χ2n) is 7.58. The largest absolute Gasteiger partial charge is 0.354 e. The third-order valence-electron chi connectivity index (χ3n) is 5.86. The summed E-state index contributed by atoms with van der Waals surface area (Å²) in [6.07, 6.45) is 10.6. The highest BCUT2D eigenvalue weighted by Crippen LogP contribution is 2.27. The predicted octanol–water partition coefficient (Wildman–Crippen LogP) is 2.14. The Kier molecular flexibility index (Phi) is 7.82. The molecule has 24 heavy (non-hydrogen) atoms. The number of hydrogen-bond donors (Lipinski definition) is 3. The summed E-state index contributed by atoms with van der Waals surface area (Å²) in [6, 6.07) is 0.740. The zero-order valence-corrected chi connectivity index (χ0v) is 15.3. The minimum Gasteiger partial charge on any atom is -0.354 e. The van der Waals surface area contributed by atoms with Crippen molar-refractivity contribution in [2.45, 2.75) is 76.3 Å². The molecule has 1 aliphatic heterocycles. The lowest BCUT2D eigenvalue weighted by Gasteiger charge is -2.29. The molecule has 1 atom stereocenters. The van der Waals surface area contributed by atoms with E-state index in [2.05, 4.69) is 16.0 Å². The average molecular weight is 358 g/mol. The molecule has 1 heterocycles. The van der Waals surface area contributed by atoms with Crippen LogP contribution in [0, 0.1) is 11.8 Å². The number of amides is 2. The molecule has 5 nitrogen and oxygen atoms in total. The second kappa shape index (κ2) is 9.62. The molecule has 0 aromatic heterocycles. The SMILES string of the molecule is Cl.O=C(NCC1CCCN1)C1CCC(NC(=O)C2CCCC2)CC1. The average Bonchev–Trinajstić information content (AvgIpc) is 3.26. The molecule has 138 valence electrons. The third-order valence-corrected chi connectivity index (χ3v) is 5.86. The Hall–Kier alpha value is -0.810. The van der Waals surface area contributed by atoms with Crippen molar-refractivity contribution in [3.05, 3.63) is 0 Å². The first-order valence-electron chi connectivity index (χ1n) is 9.54. The van der Waals surface area contributed by atoms with Gasteiger partial charge in [-0.15, -0.1) is 12.4 Å². The van der Waals surface area contributed by atoms with Crippen LogP contribution >= 0.6 is 12.4 Å². The van der Waals surface area contributed by atoms with Crippen LogP contribution < -0.4 is 16.0 Å². The molecule has 3 N–H and O–H groups in total. The van der Waals surface area contributed by atoms with Crippen LogP contribution in [0.2, 0.25) is 0 Å². The van der Waals surface area contributed by atoms with Gasteiger partial charge in [0.25, 0.3) is 0 Å². The molecule has 3 aliphatic rings. The van der Waals surface area contributed by atoms with Gasteiger partial charge in [0.2, 0.25) is 11.8 Å². The monoisotopic (exact) mass is 357 g/mol. The van der Waals surface area contributed by atoms with Gasteiger partial charge in [0.05, 0.1) is 0 Å². The van der Waals surface area contributed by atoms with Gasteiger partial charge in [-0.1, -0.05) is 12.8 Å². The fourth-order valence-electron chi connectivity index (χ4n) is 4.31. The van der Waals surface area contributed by atoms with Crippen molar-refractivity contribution in [3.8, 4) is 0 Å². The first kappa shape index (κ1) is 19.5. The lowest BCUT2D eigenvalue weighted by atomic mass is 9.85. The van der Waals surface area contributed by atoms with Crippen LogP contribution in [0.1, 0.15) is 64.2 Å². The summed E-state index contributed by atoms with van der Waals surface area (Å²) >= 11 is 0. The summed E-state index contributed by atoms with van der Waals surface area (Å²) in [6.45, 7) is 1.84. The van der Waals surface area contributed by atoms with E-state index in [9.17, 15) is 9.59 Å². The van der Waals surface area contributed by atoms with Gasteiger partial charge in [0.15, 0.2) is 0 Å². The molecule has 0 radical (unpaired) electrons. The summed E-state index contributed by atoms with van der Waals surface area (Å²) in [5.74, 6) is 0.841. The Morgan fingerprint density at radius 2 is 1.50 bits per heavy atom. The number of nitrogens with one attached hydrogen (secondary N) is 3. The fraction of sp³-hybridized carbons (Fsp3) is 0.889. The maximum Gasteiger partial charge on any atom is 0.223 e. The van der Waals surface area contributed by atoms with Crippen LogP contribution in [0.25, 0.3) is 0 Å². The van der Waals surface area contributed by atoms with E-state index in [0.29, 0.717) is 6.04 Å². The Morgan fingerprint density at radius 1 is 0.833 bits per heavy atom. The molecule has 1 saturated heterocycles. The zero-order valence-electron chi connectivity index (χ0n) is 14.5. The lowest BCUT2D eigenvalue weighted by Crippen LogP contribution is -2.44. The van der Waals surface area contributed by atoms with Gasteiger partial charge < -0.3 is 16.0 Å². The molecule has 6 heteroatoms. The maximum atomic E-state index is 12.3. The van der Waals surface area contributed by atoms with Gasteiger partial charge in [0.1, 0.15) is 0 Å². The molecule has 2 amide bonds. The topological polar surface area (TPSA) is 70.2 Å². The predicted molar refractivity (Wildman–Crippen MR) is 97.1 cm³/mol. The molecule has 0 aromatic rings. The molecule has 0 aromatic carbocycles. The maximum absolute atomic E-state index is 12.3. The molecule has 3 rings (SSSR count). The van der Waals surface area contributed by atoms with Crippen LogP contribution in [-0.4, -0.2) is 37.0 Å². The molecule has 0 bridgehead atoms. The normalized spacial score (nSPS) is 30.6. The number of carbonyl (C=O) groups is 2. The third kappa shape index (κ3) is 5.35. The van der Waals surface area contributed by atoms with E-state index in [4.69, 9.17) is 0 Å². The van der Waals surface area contributed by atoms with Gasteiger partial charge in [-0.25, -0.2) is 0 Å². The second-order valence-corrected chi connectivity index (χ2v) is 7.58. The first-order chi connectivity index (χ1) is 11.2. The molecular weight excluding hydrogens is 326 g/mol. The highest BCUT2D eigenvalue weighted by molar-refractivity contribution is 5.85. The van der Waals surface area contributed by atoms with Crippen LogP contribution in [0.4, 0.5) is 0 Å². The van der Waals surface area contributed by atoms with E-state index < -0.39 is 0 Å². The molecule has 0 spiro atoms. The molecule has 2 aliphatic carbocycles. The van der Waals surface area contributed by atoms with Gasteiger partial charge >= 0.3 is 0 Å². The Morgan fingerprint density at radius 3 is 2.12 bits per heavy atom. The number of carbonyl (C=O) groups excluding carboxylic acids is 2. The van der Waals surface area contributed by atoms with E-state index >= 15 is 0 Å². The van der Waals surface area contributed by atoms with Crippen molar-refractivity contribution in [3.63, 3.8) is 0 Å². The van der Waals surface area contributed by atoms with Crippen molar-refractivity contribution in [2.24, 2.45) is 11.8 Å². The summed E-state index contributed by atoms with van der Waals surface area (Å²) in [5, 5.41) is 9.73. The van der Waals surface area contributed by atoms with Crippen molar-refractivity contribution < 1.29 is 9.59 Å². The highest BCUT2D eigenvalue weighted by Gasteiger charge is 2.30. The molecule has 2 saturated carbocycles. The number of hydrogen-bond acceptors (Lipinski definition) is 3. The van der Waals surface area contributed by atoms with Gasteiger partial charge in [0, 0.05) is 30.5 Å². The van der Waals surface area contributed by atoms with Crippen molar-refractivity contribution >= 4 is 24.2 Å². The van der Waals surface area contributed by atoms with Gasteiger partial charge in [-0.3, -0.25) is 9.59 Å². The summed E-state index contributed by atoms with van der Waals surface area (Å²) in [4.78, 5) is 24.4. The quantitative estimate of drug-likeness (QED) is 0.706. The Bertz CT molecular complexity index is 412. The van der Waals surface area contributed by atoms with E-state index in [0.717, 1.165) is 51.6 Å². The Labute approximate surface area is 151 Å². The Balaban J connectivity index is 0.00000208. The standard InChI is InChI=1S/C18H31N3O2.ClH/c22-17(20-12-16-6-3-11-19-16)14-7-9-15(10-8-14)21-18(23)13-4-1-2-5-13;/h13-16,19H,1-12H2,(H,20,22)(H,21,23);1H. The number of rotatable bonds is 5. The van der Waals surface area contributed by atoms with Crippen molar-refractivity contribution in [2.75, 3.05) is 13.1 Å². The van der Waals surface area contributed by atoms with Crippen molar-refractivity contribution in [1.29, 1.82) is 0 Å². The van der Waals surface area contributed by atoms with Crippen LogP contribution in [0.3, 0.4) is 0 Å².